The average molecular weight is 444 g/mol. The second kappa shape index (κ2) is 8.01. The molecule has 31 heavy (non-hydrogen) atoms. The van der Waals surface area contributed by atoms with Gasteiger partial charge in [0, 0.05) is 25.2 Å². The summed E-state index contributed by atoms with van der Waals surface area (Å²) in [5.74, 6) is 0.499. The Hall–Kier alpha value is -2.28. The molecule has 9 heteroatoms. The Morgan fingerprint density at radius 3 is 2.61 bits per heavy atom. The highest BCUT2D eigenvalue weighted by Gasteiger charge is 2.64. The number of nitriles is 1. The van der Waals surface area contributed by atoms with Crippen LogP contribution in [0.25, 0.3) is 0 Å². The highest BCUT2D eigenvalue weighted by Crippen LogP contribution is 2.53. The van der Waals surface area contributed by atoms with Gasteiger partial charge in [0.25, 0.3) is 0 Å². The fourth-order valence-electron chi connectivity index (χ4n) is 4.57. The van der Waals surface area contributed by atoms with Crippen molar-refractivity contribution in [2.24, 2.45) is 5.73 Å². The summed E-state index contributed by atoms with van der Waals surface area (Å²) in [5.41, 5.74) is 4.25. The number of morpholine rings is 1. The number of hydrogen-bond donors (Lipinski definition) is 2. The number of nitrogens with two attached hydrogens (primary N) is 1. The zero-order valence-corrected chi connectivity index (χ0v) is 18.4. The zero-order valence-electron chi connectivity index (χ0n) is 17.6. The van der Waals surface area contributed by atoms with Gasteiger partial charge in [0.05, 0.1) is 30.5 Å². The molecule has 1 aromatic heterocycles. The van der Waals surface area contributed by atoms with E-state index in [-0.39, 0.29) is 5.15 Å². The lowest BCUT2D eigenvalue weighted by atomic mass is 9.62. The molecule has 3 heterocycles. The van der Waals surface area contributed by atoms with Crippen LogP contribution in [-0.4, -0.2) is 64.3 Å². The predicted octanol–water partition coefficient (Wildman–Crippen LogP) is 1.83. The summed E-state index contributed by atoms with van der Waals surface area (Å²) in [7, 11) is 0. The van der Waals surface area contributed by atoms with Gasteiger partial charge >= 0.3 is 0 Å². The molecule has 2 aromatic rings. The molecule has 0 radical (unpaired) electrons. The molecule has 0 amide bonds. The van der Waals surface area contributed by atoms with Gasteiger partial charge in [-0.15, -0.1) is 5.10 Å². The summed E-state index contributed by atoms with van der Waals surface area (Å²) in [4.78, 5) is 2.23. The largest absolute Gasteiger partial charge is 0.484 e. The molecule has 0 saturated carbocycles. The number of halogens is 1. The van der Waals surface area contributed by atoms with Gasteiger partial charge in [-0.1, -0.05) is 11.6 Å². The minimum absolute atomic E-state index is 0.224. The van der Waals surface area contributed by atoms with Crippen LogP contribution in [0.2, 0.25) is 5.15 Å². The summed E-state index contributed by atoms with van der Waals surface area (Å²) in [6, 6.07) is 10.4. The average Bonchev–Trinajstić information content (AvgIpc) is 2.77. The molecule has 1 saturated heterocycles. The molecule has 3 N–H and O–H groups in total. The quantitative estimate of drug-likeness (QED) is 0.734. The molecule has 0 spiro atoms. The molecule has 1 aromatic carbocycles. The smallest absolute Gasteiger partial charge is 0.151 e. The second-order valence-electron chi connectivity index (χ2n) is 8.55. The number of nitrogens with zero attached hydrogens (tertiary/aromatic N) is 4. The van der Waals surface area contributed by atoms with E-state index >= 15 is 0 Å². The van der Waals surface area contributed by atoms with Gasteiger partial charge in [-0.25, -0.2) is 0 Å². The van der Waals surface area contributed by atoms with Gasteiger partial charge in [0.15, 0.2) is 5.15 Å². The van der Waals surface area contributed by atoms with Crippen LogP contribution >= 0.6 is 11.6 Å². The lowest BCUT2D eigenvalue weighted by Gasteiger charge is -2.56. The van der Waals surface area contributed by atoms with E-state index in [2.05, 4.69) is 21.2 Å². The fourth-order valence-corrected chi connectivity index (χ4v) is 4.67. The Morgan fingerprint density at radius 1 is 1.23 bits per heavy atom. The maximum atomic E-state index is 12.3. The molecule has 1 fully saturated rings. The first-order valence-electron chi connectivity index (χ1n) is 10.3. The first-order valence-corrected chi connectivity index (χ1v) is 10.6. The normalized spacial score (nSPS) is 27.7. The Bertz CT molecular complexity index is 1000. The number of fused-ring (bicyclic) bond motifs is 1. The number of benzene rings is 1. The Kier molecular flexibility index (Phi) is 5.66. The maximum Gasteiger partial charge on any atom is 0.151 e. The lowest BCUT2D eigenvalue weighted by Crippen LogP contribution is -2.73. The minimum atomic E-state index is -1.57. The van der Waals surface area contributed by atoms with E-state index in [4.69, 9.17) is 26.8 Å². The van der Waals surface area contributed by atoms with Crippen LogP contribution in [0.3, 0.4) is 0 Å². The third-order valence-electron chi connectivity index (χ3n) is 6.48. The molecule has 2 aliphatic heterocycles. The standard InChI is InChI=1S/C22H26ClN5O3/c1-20(2)21(29,7-8-28-9-11-30-12-10-28)22(25,18-5-6-19(23)27-26-18)16-13-15(14-24)3-4-17(16)31-20/h3-6,13,29H,7-12,25H2,1-2H3/t21-,22+/m0/s1. The third-order valence-corrected chi connectivity index (χ3v) is 6.68. The topological polar surface area (TPSA) is 118 Å². The number of aromatic nitrogens is 2. The summed E-state index contributed by atoms with van der Waals surface area (Å²) >= 11 is 5.97. The molecule has 2 aliphatic rings. The van der Waals surface area contributed by atoms with Crippen molar-refractivity contribution in [3.63, 3.8) is 0 Å². The monoisotopic (exact) mass is 443 g/mol. The van der Waals surface area contributed by atoms with E-state index in [1.807, 2.05) is 13.8 Å². The summed E-state index contributed by atoms with van der Waals surface area (Å²) < 4.78 is 11.7. The van der Waals surface area contributed by atoms with Crippen LogP contribution in [0.4, 0.5) is 0 Å². The van der Waals surface area contributed by atoms with E-state index in [9.17, 15) is 10.4 Å². The van der Waals surface area contributed by atoms with Crippen molar-refractivity contribution in [2.75, 3.05) is 32.8 Å². The summed E-state index contributed by atoms with van der Waals surface area (Å²) in [6.07, 6.45) is 0.316. The van der Waals surface area contributed by atoms with E-state index in [1.165, 1.54) is 0 Å². The van der Waals surface area contributed by atoms with Crippen molar-refractivity contribution in [2.45, 2.75) is 37.0 Å². The van der Waals surface area contributed by atoms with E-state index in [1.54, 1.807) is 30.3 Å². The Balaban J connectivity index is 1.87. The second-order valence-corrected chi connectivity index (χ2v) is 8.94. The van der Waals surface area contributed by atoms with Crippen molar-refractivity contribution >= 4 is 11.6 Å². The van der Waals surface area contributed by atoms with Gasteiger partial charge in [0.2, 0.25) is 0 Å². The summed E-state index contributed by atoms with van der Waals surface area (Å²) in [5, 5.41) is 30.2. The van der Waals surface area contributed by atoms with Gasteiger partial charge < -0.3 is 20.3 Å². The molecule has 0 unspecified atom stereocenters. The van der Waals surface area contributed by atoms with E-state index in [0.29, 0.717) is 48.7 Å². The zero-order chi connectivity index (χ0) is 22.3. The first-order chi connectivity index (χ1) is 14.7. The molecule has 164 valence electrons. The predicted molar refractivity (Wildman–Crippen MR) is 115 cm³/mol. The number of rotatable bonds is 4. The van der Waals surface area contributed by atoms with Gasteiger partial charge in [-0.3, -0.25) is 4.90 Å². The Labute approximate surface area is 186 Å². The molecule has 2 atom stereocenters. The highest BCUT2D eigenvalue weighted by atomic mass is 35.5. The first kappa shape index (κ1) is 21.9. The van der Waals surface area contributed by atoms with Crippen LogP contribution in [0.15, 0.2) is 30.3 Å². The lowest BCUT2D eigenvalue weighted by molar-refractivity contribution is -0.175. The molecular weight excluding hydrogens is 418 g/mol. The van der Waals surface area contributed by atoms with Crippen molar-refractivity contribution in [1.29, 1.82) is 5.26 Å². The van der Waals surface area contributed by atoms with Crippen LogP contribution in [0.5, 0.6) is 5.75 Å². The van der Waals surface area contributed by atoms with Gasteiger partial charge in [-0.05, 0) is 50.6 Å². The Morgan fingerprint density at radius 2 is 1.97 bits per heavy atom. The molecule has 8 nitrogen and oxygen atoms in total. The minimum Gasteiger partial charge on any atom is -0.484 e. The molecule has 0 aliphatic carbocycles. The van der Waals surface area contributed by atoms with Crippen molar-refractivity contribution in [3.8, 4) is 11.8 Å². The van der Waals surface area contributed by atoms with Crippen molar-refractivity contribution in [3.05, 3.63) is 52.3 Å². The number of hydrogen-bond acceptors (Lipinski definition) is 8. The number of ether oxygens (including phenoxy) is 2. The molecule has 4 rings (SSSR count). The van der Waals surface area contributed by atoms with Crippen LogP contribution < -0.4 is 10.5 Å². The van der Waals surface area contributed by atoms with Gasteiger partial charge in [-0.2, -0.15) is 10.4 Å². The molecular formula is C22H26ClN5O3. The van der Waals surface area contributed by atoms with E-state index < -0.39 is 16.7 Å². The van der Waals surface area contributed by atoms with Crippen LogP contribution in [0.1, 0.15) is 37.1 Å². The maximum absolute atomic E-state index is 12.3. The van der Waals surface area contributed by atoms with Crippen molar-refractivity contribution < 1.29 is 14.6 Å². The van der Waals surface area contributed by atoms with Crippen LogP contribution in [-0.2, 0) is 10.3 Å². The van der Waals surface area contributed by atoms with Crippen molar-refractivity contribution in [1.82, 2.24) is 15.1 Å². The van der Waals surface area contributed by atoms with E-state index in [0.717, 1.165) is 13.1 Å². The third kappa shape index (κ3) is 3.56. The van der Waals surface area contributed by atoms with Crippen LogP contribution in [0, 0.1) is 11.3 Å². The SMILES string of the molecule is CC1(C)Oc2ccc(C#N)cc2[C@@](N)(c2ccc(Cl)nn2)[C@]1(O)CCN1CCOCC1. The summed E-state index contributed by atoms with van der Waals surface area (Å²) in [6.45, 7) is 7.11. The fraction of sp³-hybridized carbons (Fsp3) is 0.500. The molecule has 0 bridgehead atoms. The highest BCUT2D eigenvalue weighted by molar-refractivity contribution is 6.29. The van der Waals surface area contributed by atoms with Gasteiger partial charge in [0.1, 0.15) is 22.5 Å². The number of aliphatic hydroxyl groups is 1.